The summed E-state index contributed by atoms with van der Waals surface area (Å²) >= 11 is 0. The van der Waals surface area contributed by atoms with Crippen LogP contribution in [0, 0.1) is 0 Å². The average molecular weight is 379 g/mol. The molecule has 150 valence electrons. The maximum atomic E-state index is 2.40. The van der Waals surface area contributed by atoms with Crippen molar-refractivity contribution in [3.63, 3.8) is 0 Å². The quantitative estimate of drug-likeness (QED) is 0.441. The van der Waals surface area contributed by atoms with Gasteiger partial charge in [-0.25, -0.2) is 4.57 Å². The zero-order valence-electron chi connectivity index (χ0n) is 18.7. The van der Waals surface area contributed by atoms with E-state index in [-0.39, 0.29) is 0 Å². The van der Waals surface area contributed by atoms with Crippen LogP contribution in [0.1, 0.15) is 70.4 Å². The lowest BCUT2D eigenvalue weighted by atomic mass is 9.92. The molecule has 3 aromatic rings. The largest absolute Gasteiger partial charge is 0.266 e. The second-order valence-corrected chi connectivity index (χ2v) is 8.55. The van der Waals surface area contributed by atoms with Crippen molar-refractivity contribution in [2.75, 3.05) is 11.9 Å². The van der Waals surface area contributed by atoms with Crippen LogP contribution in [0.4, 0.5) is 11.5 Å². The van der Waals surface area contributed by atoms with Crippen molar-refractivity contribution in [1.82, 2.24) is 4.57 Å². The Morgan fingerprint density at radius 1 is 0.964 bits per heavy atom. The third-order valence-electron chi connectivity index (χ3n) is 5.81. The number of anilines is 2. The molecule has 2 heterocycles. The smallest absolute Gasteiger partial charge is 0.235 e. The molecule has 0 saturated carbocycles. The number of rotatable bonds is 7. The van der Waals surface area contributed by atoms with E-state index in [1.165, 1.54) is 46.5 Å². The van der Waals surface area contributed by atoms with Crippen LogP contribution in [-0.4, -0.2) is 11.6 Å². The monoisotopic (exact) mass is 378 g/mol. The van der Waals surface area contributed by atoms with Crippen molar-refractivity contribution >= 4 is 22.5 Å². The van der Waals surface area contributed by atoms with Crippen molar-refractivity contribution in [3.05, 3.63) is 53.7 Å². The van der Waals surface area contributed by atoms with Gasteiger partial charge >= 0.3 is 0 Å². The Hall–Kier alpha value is -2.29. The number of hydrogen-bond donors (Lipinski definition) is 0. The van der Waals surface area contributed by atoms with Gasteiger partial charge in [-0.1, -0.05) is 59.2 Å². The molecular weight excluding hydrogens is 342 g/mol. The molecule has 0 aliphatic carbocycles. The van der Waals surface area contributed by atoms with Gasteiger partial charge in [-0.15, -0.1) is 0 Å². The number of aromatic nitrogens is 2. The lowest BCUT2D eigenvalue weighted by molar-refractivity contribution is -0.634. The molecule has 28 heavy (non-hydrogen) atoms. The number of benzene rings is 1. The van der Waals surface area contributed by atoms with E-state index in [0.717, 1.165) is 6.54 Å². The summed E-state index contributed by atoms with van der Waals surface area (Å²) in [6.45, 7) is 12.5. The van der Waals surface area contributed by atoms with Crippen molar-refractivity contribution in [2.24, 2.45) is 7.05 Å². The molecule has 3 nitrogen and oxygen atoms in total. The summed E-state index contributed by atoms with van der Waals surface area (Å²) in [4.78, 5) is 2.39. The Kier molecular flexibility index (Phi) is 6.12. The Labute approximate surface area is 170 Å². The van der Waals surface area contributed by atoms with E-state index in [2.05, 4.69) is 105 Å². The molecule has 0 N–H and O–H groups in total. The average Bonchev–Trinajstić information content (AvgIpc) is 3.09. The van der Waals surface area contributed by atoms with Crippen LogP contribution < -0.4 is 9.47 Å². The van der Waals surface area contributed by atoms with Crippen molar-refractivity contribution in [2.45, 2.75) is 65.8 Å². The van der Waals surface area contributed by atoms with Crippen molar-refractivity contribution < 1.29 is 4.57 Å². The van der Waals surface area contributed by atoms with E-state index in [0.29, 0.717) is 11.8 Å². The summed E-state index contributed by atoms with van der Waals surface area (Å²) in [6, 6.07) is 13.5. The molecule has 0 unspecified atom stereocenters. The molecule has 0 aliphatic rings. The lowest BCUT2D eigenvalue weighted by Crippen LogP contribution is -2.38. The van der Waals surface area contributed by atoms with E-state index in [4.69, 9.17) is 0 Å². The van der Waals surface area contributed by atoms with Gasteiger partial charge in [0.2, 0.25) is 11.5 Å². The minimum atomic E-state index is 0.485. The van der Waals surface area contributed by atoms with E-state index in [1.807, 2.05) is 0 Å². The van der Waals surface area contributed by atoms with Crippen LogP contribution in [0.15, 0.2) is 42.6 Å². The molecular formula is C25H36N3+. The fraction of sp³-hybridized carbons (Fsp3) is 0.480. The molecule has 0 aliphatic heterocycles. The number of para-hydroxylation sites is 1. The fourth-order valence-electron chi connectivity index (χ4n) is 4.24. The number of fused-ring (bicyclic) bond motifs is 1. The van der Waals surface area contributed by atoms with Crippen molar-refractivity contribution in [3.8, 4) is 0 Å². The number of hydrogen-bond acceptors (Lipinski definition) is 1. The van der Waals surface area contributed by atoms with Crippen LogP contribution >= 0.6 is 0 Å². The third-order valence-corrected chi connectivity index (χ3v) is 5.81. The first kappa shape index (κ1) is 20.4. The zero-order valence-corrected chi connectivity index (χ0v) is 18.7. The predicted molar refractivity (Wildman–Crippen MR) is 121 cm³/mol. The maximum absolute atomic E-state index is 2.40. The molecule has 0 spiro atoms. The molecule has 3 rings (SSSR count). The maximum Gasteiger partial charge on any atom is 0.235 e. The van der Waals surface area contributed by atoms with Gasteiger partial charge in [-0.05, 0) is 41.5 Å². The van der Waals surface area contributed by atoms with Crippen LogP contribution in [0.2, 0.25) is 0 Å². The van der Waals surface area contributed by atoms with Crippen LogP contribution in [0.25, 0.3) is 11.0 Å². The minimum Gasteiger partial charge on any atom is -0.266 e. The van der Waals surface area contributed by atoms with Gasteiger partial charge < -0.3 is 0 Å². The summed E-state index contributed by atoms with van der Waals surface area (Å²) in [5.41, 5.74) is 5.48. The molecule has 0 atom stereocenters. The second kappa shape index (κ2) is 8.38. The molecule has 3 heteroatoms. The van der Waals surface area contributed by atoms with E-state index in [9.17, 15) is 0 Å². The van der Waals surface area contributed by atoms with E-state index < -0.39 is 0 Å². The normalized spacial score (nSPS) is 11.8. The fourth-order valence-corrected chi connectivity index (χ4v) is 4.24. The number of nitrogens with zero attached hydrogens (tertiary/aromatic N) is 3. The van der Waals surface area contributed by atoms with Gasteiger partial charge in [0.1, 0.15) is 5.69 Å². The highest BCUT2D eigenvalue weighted by Crippen LogP contribution is 2.37. The Morgan fingerprint density at radius 3 is 2.18 bits per heavy atom. The van der Waals surface area contributed by atoms with E-state index in [1.54, 1.807) is 0 Å². The summed E-state index contributed by atoms with van der Waals surface area (Å²) in [5.74, 6) is 2.19. The Bertz CT molecular complexity index is 924. The second-order valence-electron chi connectivity index (χ2n) is 8.55. The minimum absolute atomic E-state index is 0.485. The number of aryl methyl sites for hydroxylation is 2. The predicted octanol–water partition coefficient (Wildman–Crippen LogP) is 6.28. The first-order valence-corrected chi connectivity index (χ1v) is 10.7. The Balaban J connectivity index is 2.17. The van der Waals surface area contributed by atoms with E-state index >= 15 is 0 Å². The van der Waals surface area contributed by atoms with Gasteiger partial charge in [0, 0.05) is 6.07 Å². The molecule has 0 fully saturated rings. The first-order valence-electron chi connectivity index (χ1n) is 10.7. The Morgan fingerprint density at radius 2 is 1.61 bits per heavy atom. The number of pyridine rings is 1. The highest BCUT2D eigenvalue weighted by Gasteiger charge is 2.24. The zero-order chi connectivity index (χ0) is 20.4. The lowest BCUT2D eigenvalue weighted by Gasteiger charge is -2.25. The highest BCUT2D eigenvalue weighted by atomic mass is 15.2. The molecule has 0 saturated heterocycles. The van der Waals surface area contributed by atoms with Crippen LogP contribution in [-0.2, 0) is 13.6 Å². The SMILES string of the molecule is CCCCn1ccc2ccc(N(C)c3c(C(C)C)cccc3C(C)C)[n+](C)c21. The highest BCUT2D eigenvalue weighted by molar-refractivity contribution is 5.76. The molecule has 0 radical (unpaired) electrons. The summed E-state index contributed by atoms with van der Waals surface area (Å²) in [5, 5.41) is 1.30. The molecule has 2 aromatic heterocycles. The van der Waals surface area contributed by atoms with Crippen LogP contribution in [0.5, 0.6) is 0 Å². The van der Waals surface area contributed by atoms with Gasteiger partial charge in [-0.3, -0.25) is 9.47 Å². The summed E-state index contributed by atoms with van der Waals surface area (Å²) in [7, 11) is 4.41. The summed E-state index contributed by atoms with van der Waals surface area (Å²) in [6.07, 6.45) is 4.64. The van der Waals surface area contributed by atoms with Gasteiger partial charge in [-0.2, -0.15) is 0 Å². The molecule has 1 aromatic carbocycles. The van der Waals surface area contributed by atoms with Gasteiger partial charge in [0.25, 0.3) is 0 Å². The standard InChI is InChI=1S/C25H36N3/c1-8-9-16-28-17-15-20-13-14-23(27(7)25(20)28)26(6)24-21(18(2)3)11-10-12-22(24)19(4)5/h10-15,17-19H,8-9,16H2,1-7H3/q+1. The molecule has 0 amide bonds. The molecule has 0 bridgehead atoms. The summed E-state index contributed by atoms with van der Waals surface area (Å²) < 4.78 is 4.75. The van der Waals surface area contributed by atoms with Gasteiger partial charge in [0.05, 0.1) is 32.2 Å². The van der Waals surface area contributed by atoms with Crippen LogP contribution in [0.3, 0.4) is 0 Å². The van der Waals surface area contributed by atoms with Crippen molar-refractivity contribution in [1.29, 1.82) is 0 Å². The van der Waals surface area contributed by atoms with Gasteiger partial charge in [0.15, 0.2) is 0 Å². The first-order chi connectivity index (χ1) is 13.4. The topological polar surface area (TPSA) is 12.1 Å². The number of unbranched alkanes of at least 4 members (excludes halogenated alkanes) is 1. The third kappa shape index (κ3) is 3.67.